The first-order valence-corrected chi connectivity index (χ1v) is 5.60. The smallest absolute Gasteiger partial charge is 0.269 e. The zero-order valence-corrected chi connectivity index (χ0v) is 10.4. The van der Waals surface area contributed by atoms with Gasteiger partial charge in [-0.3, -0.25) is 9.48 Å². The number of rotatable bonds is 4. The van der Waals surface area contributed by atoms with Gasteiger partial charge in [0.15, 0.2) is 0 Å². The van der Waals surface area contributed by atoms with Gasteiger partial charge in [0, 0.05) is 19.8 Å². The second-order valence-electron chi connectivity index (χ2n) is 3.87. The lowest BCUT2D eigenvalue weighted by Crippen LogP contribution is -2.25. The number of carbonyl (C=O) groups is 1. The molecule has 0 saturated heterocycles. The van der Waals surface area contributed by atoms with Gasteiger partial charge in [-0.2, -0.15) is 5.10 Å². The van der Waals surface area contributed by atoms with Crippen LogP contribution in [0.15, 0.2) is 36.5 Å². The van der Waals surface area contributed by atoms with Crippen LogP contribution in [0, 0.1) is 0 Å². The van der Waals surface area contributed by atoms with Crippen molar-refractivity contribution in [3.8, 4) is 5.75 Å². The minimum atomic E-state index is -0.134. The van der Waals surface area contributed by atoms with Crippen LogP contribution in [0.1, 0.15) is 16.1 Å². The van der Waals surface area contributed by atoms with Gasteiger partial charge < -0.3 is 10.1 Å². The van der Waals surface area contributed by atoms with Gasteiger partial charge in [-0.15, -0.1) is 0 Å². The van der Waals surface area contributed by atoms with Crippen molar-refractivity contribution in [1.82, 2.24) is 15.1 Å². The van der Waals surface area contributed by atoms with Crippen molar-refractivity contribution in [2.75, 3.05) is 7.11 Å². The van der Waals surface area contributed by atoms with Gasteiger partial charge in [-0.05, 0) is 23.8 Å². The number of benzene rings is 1. The molecule has 0 aliphatic carbocycles. The topological polar surface area (TPSA) is 56.1 Å². The molecule has 0 radical (unpaired) electrons. The summed E-state index contributed by atoms with van der Waals surface area (Å²) in [5, 5.41) is 6.79. The number of hydrogen-bond donors (Lipinski definition) is 1. The van der Waals surface area contributed by atoms with Crippen molar-refractivity contribution in [2.45, 2.75) is 6.54 Å². The number of nitrogens with zero attached hydrogens (tertiary/aromatic N) is 2. The Morgan fingerprint density at radius 3 is 2.61 bits per heavy atom. The molecule has 0 fully saturated rings. The number of ether oxygens (including phenoxy) is 1. The van der Waals surface area contributed by atoms with Crippen molar-refractivity contribution in [1.29, 1.82) is 0 Å². The second kappa shape index (κ2) is 5.35. The van der Waals surface area contributed by atoms with Gasteiger partial charge in [-0.1, -0.05) is 12.1 Å². The Hall–Kier alpha value is -2.30. The predicted octanol–water partition coefficient (Wildman–Crippen LogP) is 1.36. The molecule has 5 nitrogen and oxygen atoms in total. The fourth-order valence-corrected chi connectivity index (χ4v) is 1.61. The van der Waals surface area contributed by atoms with E-state index in [2.05, 4.69) is 10.4 Å². The Kier molecular flexibility index (Phi) is 3.62. The van der Waals surface area contributed by atoms with Crippen LogP contribution in [-0.2, 0) is 13.6 Å². The summed E-state index contributed by atoms with van der Waals surface area (Å²) in [4.78, 5) is 11.8. The highest BCUT2D eigenvalue weighted by atomic mass is 16.5. The van der Waals surface area contributed by atoms with E-state index in [9.17, 15) is 4.79 Å². The van der Waals surface area contributed by atoms with Gasteiger partial charge >= 0.3 is 0 Å². The van der Waals surface area contributed by atoms with E-state index < -0.39 is 0 Å². The number of aryl methyl sites for hydroxylation is 1. The van der Waals surface area contributed by atoms with E-state index in [1.807, 2.05) is 24.3 Å². The molecule has 0 spiro atoms. The van der Waals surface area contributed by atoms with Crippen LogP contribution in [0.2, 0.25) is 0 Å². The second-order valence-corrected chi connectivity index (χ2v) is 3.87. The SMILES string of the molecule is COc1ccc(CNC(=O)c2ccnn2C)cc1. The third kappa shape index (κ3) is 2.68. The maximum atomic E-state index is 11.8. The zero-order valence-electron chi connectivity index (χ0n) is 10.4. The fraction of sp³-hybridized carbons (Fsp3) is 0.231. The average molecular weight is 245 g/mol. The molecule has 2 rings (SSSR count). The molecule has 1 aromatic heterocycles. The Labute approximate surface area is 105 Å². The summed E-state index contributed by atoms with van der Waals surface area (Å²) in [6.45, 7) is 0.480. The molecule has 1 amide bonds. The van der Waals surface area contributed by atoms with Crippen LogP contribution in [0.5, 0.6) is 5.75 Å². The number of aromatic nitrogens is 2. The third-order valence-corrected chi connectivity index (χ3v) is 2.67. The van der Waals surface area contributed by atoms with E-state index in [0.717, 1.165) is 11.3 Å². The largest absolute Gasteiger partial charge is 0.497 e. The number of carbonyl (C=O) groups excluding carboxylic acids is 1. The van der Waals surface area contributed by atoms with Gasteiger partial charge in [0.2, 0.25) is 0 Å². The Bertz CT molecular complexity index is 531. The Morgan fingerprint density at radius 1 is 1.33 bits per heavy atom. The van der Waals surface area contributed by atoms with Crippen LogP contribution >= 0.6 is 0 Å². The third-order valence-electron chi connectivity index (χ3n) is 2.67. The average Bonchev–Trinajstić information content (AvgIpc) is 2.83. The van der Waals surface area contributed by atoms with Gasteiger partial charge in [0.1, 0.15) is 11.4 Å². The molecule has 94 valence electrons. The Morgan fingerprint density at radius 2 is 2.06 bits per heavy atom. The molecule has 0 saturated carbocycles. The number of methoxy groups -OCH3 is 1. The monoisotopic (exact) mass is 245 g/mol. The van der Waals surface area contributed by atoms with Gasteiger partial charge in [0.05, 0.1) is 7.11 Å². The summed E-state index contributed by atoms with van der Waals surface area (Å²) in [6.07, 6.45) is 1.60. The van der Waals surface area contributed by atoms with Gasteiger partial charge in [0.25, 0.3) is 5.91 Å². The highest BCUT2D eigenvalue weighted by Gasteiger charge is 2.08. The first kappa shape index (κ1) is 12.2. The molecule has 0 aliphatic heterocycles. The molecule has 1 heterocycles. The van der Waals surface area contributed by atoms with Crippen LogP contribution in [0.3, 0.4) is 0 Å². The maximum Gasteiger partial charge on any atom is 0.269 e. The number of nitrogens with one attached hydrogen (secondary N) is 1. The summed E-state index contributed by atoms with van der Waals surface area (Å²) < 4.78 is 6.62. The van der Waals surface area contributed by atoms with Crippen LogP contribution in [0.4, 0.5) is 0 Å². The van der Waals surface area contributed by atoms with Crippen molar-refractivity contribution in [3.05, 3.63) is 47.8 Å². The molecular weight excluding hydrogens is 230 g/mol. The molecule has 0 atom stereocenters. The predicted molar refractivity (Wildman–Crippen MR) is 67.4 cm³/mol. The fourth-order valence-electron chi connectivity index (χ4n) is 1.61. The highest BCUT2D eigenvalue weighted by molar-refractivity contribution is 5.92. The summed E-state index contributed by atoms with van der Waals surface area (Å²) in [5.74, 6) is 0.669. The lowest BCUT2D eigenvalue weighted by molar-refractivity contribution is 0.0941. The maximum absolute atomic E-state index is 11.8. The van der Waals surface area contributed by atoms with E-state index in [0.29, 0.717) is 12.2 Å². The highest BCUT2D eigenvalue weighted by Crippen LogP contribution is 2.11. The number of hydrogen-bond acceptors (Lipinski definition) is 3. The molecule has 1 aromatic carbocycles. The van der Waals surface area contributed by atoms with E-state index >= 15 is 0 Å². The standard InChI is InChI=1S/C13H15N3O2/c1-16-12(7-8-15-16)13(17)14-9-10-3-5-11(18-2)6-4-10/h3-8H,9H2,1-2H3,(H,14,17). The van der Waals surface area contributed by atoms with Crippen molar-refractivity contribution >= 4 is 5.91 Å². The normalized spacial score (nSPS) is 10.1. The summed E-state index contributed by atoms with van der Waals surface area (Å²) in [7, 11) is 3.36. The molecular formula is C13H15N3O2. The molecule has 18 heavy (non-hydrogen) atoms. The molecule has 0 unspecified atom stereocenters. The first-order chi connectivity index (χ1) is 8.70. The first-order valence-electron chi connectivity index (χ1n) is 5.60. The molecule has 1 N–H and O–H groups in total. The zero-order chi connectivity index (χ0) is 13.0. The van der Waals surface area contributed by atoms with Crippen molar-refractivity contribution in [2.24, 2.45) is 7.05 Å². The summed E-state index contributed by atoms with van der Waals surface area (Å²) >= 11 is 0. The van der Waals surface area contributed by atoms with Crippen LogP contribution < -0.4 is 10.1 Å². The molecule has 0 bridgehead atoms. The minimum absolute atomic E-state index is 0.134. The van der Waals surface area contributed by atoms with Crippen LogP contribution in [-0.4, -0.2) is 22.8 Å². The van der Waals surface area contributed by atoms with E-state index in [-0.39, 0.29) is 5.91 Å². The van der Waals surface area contributed by atoms with E-state index in [1.165, 1.54) is 0 Å². The Balaban J connectivity index is 1.95. The van der Waals surface area contributed by atoms with Crippen molar-refractivity contribution < 1.29 is 9.53 Å². The summed E-state index contributed by atoms with van der Waals surface area (Å²) in [5.41, 5.74) is 1.56. The molecule has 0 aliphatic rings. The number of amides is 1. The quantitative estimate of drug-likeness (QED) is 0.884. The summed E-state index contributed by atoms with van der Waals surface area (Å²) in [6, 6.07) is 9.26. The van der Waals surface area contributed by atoms with Gasteiger partial charge in [-0.25, -0.2) is 0 Å². The minimum Gasteiger partial charge on any atom is -0.497 e. The van der Waals surface area contributed by atoms with Crippen molar-refractivity contribution in [3.63, 3.8) is 0 Å². The molecule has 2 aromatic rings. The van der Waals surface area contributed by atoms with E-state index in [4.69, 9.17) is 4.74 Å². The lowest BCUT2D eigenvalue weighted by atomic mass is 10.2. The molecule has 5 heteroatoms. The van der Waals surface area contributed by atoms with Crippen LogP contribution in [0.25, 0.3) is 0 Å². The lowest BCUT2D eigenvalue weighted by Gasteiger charge is -2.06. The van der Waals surface area contributed by atoms with E-state index in [1.54, 1.807) is 31.1 Å².